The van der Waals surface area contributed by atoms with E-state index in [-0.39, 0.29) is 12.4 Å². The molecule has 0 fully saturated rings. The maximum absolute atomic E-state index is 12.1. The number of rotatable bonds is 4. The van der Waals surface area contributed by atoms with Gasteiger partial charge in [-0.1, -0.05) is 18.2 Å². The summed E-state index contributed by atoms with van der Waals surface area (Å²) in [6, 6.07) is 4.17. The number of aliphatic hydroxyl groups excluding tert-OH is 1. The lowest BCUT2D eigenvalue weighted by molar-refractivity contribution is -0.0512. The Morgan fingerprint density at radius 1 is 1.47 bits per heavy atom. The summed E-state index contributed by atoms with van der Waals surface area (Å²) in [6.07, 6.45) is 0. The Morgan fingerprint density at radius 3 is 2.67 bits per heavy atom. The van der Waals surface area contributed by atoms with Crippen molar-refractivity contribution < 1.29 is 18.6 Å². The maximum atomic E-state index is 12.1. The highest BCUT2D eigenvalue weighted by Crippen LogP contribution is 2.28. The van der Waals surface area contributed by atoms with E-state index in [1.165, 1.54) is 0 Å². The summed E-state index contributed by atoms with van der Waals surface area (Å²) in [6.45, 7) is -1.57. The highest BCUT2D eigenvalue weighted by atomic mass is 19.3. The van der Waals surface area contributed by atoms with Crippen molar-refractivity contribution in [2.24, 2.45) is 5.73 Å². The lowest BCUT2D eigenvalue weighted by Crippen LogP contribution is -2.17. The van der Waals surface area contributed by atoms with Crippen LogP contribution >= 0.6 is 0 Å². The first kappa shape index (κ1) is 11.9. The molecule has 84 valence electrons. The Morgan fingerprint density at radius 2 is 2.13 bits per heavy atom. The third-order valence-electron chi connectivity index (χ3n) is 2.05. The fraction of sp³-hybridized carbons (Fsp3) is 0.400. The SMILES string of the molecule is Cc1cccc(C(N)CO)c1OC(F)F. The van der Waals surface area contributed by atoms with Gasteiger partial charge in [0.1, 0.15) is 5.75 Å². The lowest BCUT2D eigenvalue weighted by Gasteiger charge is -2.16. The molecule has 1 atom stereocenters. The predicted octanol–water partition coefficient (Wildman–Crippen LogP) is 1.59. The number of aryl methyl sites for hydroxylation is 1. The molecule has 3 nitrogen and oxygen atoms in total. The summed E-state index contributed by atoms with van der Waals surface area (Å²) in [5.41, 5.74) is 6.52. The summed E-state index contributed by atoms with van der Waals surface area (Å²) in [7, 11) is 0. The van der Waals surface area contributed by atoms with Gasteiger partial charge < -0.3 is 15.6 Å². The van der Waals surface area contributed by atoms with Gasteiger partial charge in [-0.15, -0.1) is 0 Å². The van der Waals surface area contributed by atoms with E-state index in [0.717, 1.165) is 0 Å². The number of para-hydroxylation sites is 1. The average Bonchev–Trinajstić information content (AvgIpc) is 2.19. The van der Waals surface area contributed by atoms with E-state index < -0.39 is 12.7 Å². The van der Waals surface area contributed by atoms with Gasteiger partial charge in [-0.05, 0) is 12.5 Å². The molecule has 0 spiro atoms. The van der Waals surface area contributed by atoms with E-state index in [1.807, 2.05) is 0 Å². The standard InChI is InChI=1S/C10H13F2NO2/c1-6-3-2-4-7(8(13)5-14)9(6)15-10(11)12/h2-4,8,10,14H,5,13H2,1H3. The van der Waals surface area contributed by atoms with Crippen LogP contribution in [0.2, 0.25) is 0 Å². The number of hydrogen-bond donors (Lipinski definition) is 2. The van der Waals surface area contributed by atoms with Crippen molar-refractivity contribution in [2.75, 3.05) is 6.61 Å². The van der Waals surface area contributed by atoms with Crippen LogP contribution in [0.3, 0.4) is 0 Å². The van der Waals surface area contributed by atoms with Crippen LogP contribution < -0.4 is 10.5 Å². The molecule has 15 heavy (non-hydrogen) atoms. The first-order valence-corrected chi connectivity index (χ1v) is 4.47. The van der Waals surface area contributed by atoms with Crippen LogP contribution in [0, 0.1) is 6.92 Å². The van der Waals surface area contributed by atoms with Gasteiger partial charge in [0.2, 0.25) is 0 Å². The third-order valence-corrected chi connectivity index (χ3v) is 2.05. The monoisotopic (exact) mass is 217 g/mol. The van der Waals surface area contributed by atoms with Crippen LogP contribution in [0.4, 0.5) is 8.78 Å². The Labute approximate surface area is 86.5 Å². The first-order valence-electron chi connectivity index (χ1n) is 4.47. The first-order chi connectivity index (χ1) is 7.06. The average molecular weight is 217 g/mol. The molecule has 0 aliphatic heterocycles. The summed E-state index contributed by atoms with van der Waals surface area (Å²) in [4.78, 5) is 0. The van der Waals surface area contributed by atoms with Crippen molar-refractivity contribution >= 4 is 0 Å². The van der Waals surface area contributed by atoms with E-state index in [9.17, 15) is 8.78 Å². The molecule has 0 aliphatic rings. The second-order valence-corrected chi connectivity index (χ2v) is 3.16. The van der Waals surface area contributed by atoms with Crippen LogP contribution in [0.5, 0.6) is 5.75 Å². The zero-order chi connectivity index (χ0) is 11.4. The minimum atomic E-state index is -2.89. The van der Waals surface area contributed by atoms with Crippen molar-refractivity contribution in [3.63, 3.8) is 0 Å². The van der Waals surface area contributed by atoms with Crippen LogP contribution in [-0.4, -0.2) is 18.3 Å². The predicted molar refractivity (Wildman–Crippen MR) is 51.8 cm³/mol. The molecule has 0 bridgehead atoms. The molecular formula is C10H13F2NO2. The Hall–Kier alpha value is -1.20. The number of nitrogens with two attached hydrogens (primary N) is 1. The molecule has 0 saturated carbocycles. The second-order valence-electron chi connectivity index (χ2n) is 3.16. The summed E-state index contributed by atoms with van der Waals surface area (Å²) < 4.78 is 28.6. The van der Waals surface area contributed by atoms with Crippen molar-refractivity contribution in [1.82, 2.24) is 0 Å². The molecule has 0 radical (unpaired) electrons. The molecule has 1 unspecified atom stereocenters. The minimum absolute atomic E-state index is 0.0500. The molecule has 3 N–H and O–H groups in total. The summed E-state index contributed by atoms with van der Waals surface area (Å²) in [5, 5.41) is 8.87. The van der Waals surface area contributed by atoms with Crippen LogP contribution in [0.25, 0.3) is 0 Å². The van der Waals surface area contributed by atoms with Crippen LogP contribution in [-0.2, 0) is 0 Å². The quantitative estimate of drug-likeness (QED) is 0.805. The van der Waals surface area contributed by atoms with Gasteiger partial charge >= 0.3 is 6.61 Å². The summed E-state index contributed by atoms with van der Waals surface area (Å²) in [5.74, 6) is 0.0500. The molecule has 0 heterocycles. The van der Waals surface area contributed by atoms with Crippen LogP contribution in [0.1, 0.15) is 17.2 Å². The van der Waals surface area contributed by atoms with Crippen LogP contribution in [0.15, 0.2) is 18.2 Å². The Kier molecular flexibility index (Phi) is 3.99. The fourth-order valence-electron chi connectivity index (χ4n) is 1.32. The number of aliphatic hydroxyl groups is 1. The molecular weight excluding hydrogens is 204 g/mol. The number of halogens is 2. The number of hydrogen-bond acceptors (Lipinski definition) is 3. The number of alkyl halides is 2. The molecule has 0 saturated heterocycles. The van der Waals surface area contributed by atoms with Crippen molar-refractivity contribution in [2.45, 2.75) is 19.6 Å². The van der Waals surface area contributed by atoms with Crippen molar-refractivity contribution in [1.29, 1.82) is 0 Å². The van der Waals surface area contributed by atoms with E-state index in [2.05, 4.69) is 4.74 Å². The van der Waals surface area contributed by atoms with E-state index in [4.69, 9.17) is 10.8 Å². The van der Waals surface area contributed by atoms with Gasteiger partial charge in [0.25, 0.3) is 0 Å². The minimum Gasteiger partial charge on any atom is -0.434 e. The Balaban J connectivity index is 3.08. The normalized spacial score (nSPS) is 12.9. The zero-order valence-corrected chi connectivity index (χ0v) is 8.28. The second kappa shape index (κ2) is 5.04. The van der Waals surface area contributed by atoms with Gasteiger partial charge in [-0.2, -0.15) is 8.78 Å². The Bertz CT molecular complexity index is 331. The topological polar surface area (TPSA) is 55.5 Å². The van der Waals surface area contributed by atoms with Gasteiger partial charge in [-0.3, -0.25) is 0 Å². The number of benzene rings is 1. The third kappa shape index (κ3) is 2.87. The van der Waals surface area contributed by atoms with E-state index >= 15 is 0 Å². The molecule has 0 amide bonds. The zero-order valence-electron chi connectivity index (χ0n) is 8.28. The molecule has 0 aliphatic carbocycles. The smallest absolute Gasteiger partial charge is 0.387 e. The van der Waals surface area contributed by atoms with Gasteiger partial charge in [-0.25, -0.2) is 0 Å². The summed E-state index contributed by atoms with van der Waals surface area (Å²) >= 11 is 0. The molecule has 0 aromatic heterocycles. The van der Waals surface area contributed by atoms with E-state index in [0.29, 0.717) is 11.1 Å². The molecule has 1 aromatic rings. The number of ether oxygens (including phenoxy) is 1. The van der Waals surface area contributed by atoms with E-state index in [1.54, 1.807) is 25.1 Å². The highest BCUT2D eigenvalue weighted by molar-refractivity contribution is 5.42. The molecule has 1 aromatic carbocycles. The molecule has 5 heteroatoms. The van der Waals surface area contributed by atoms with Crippen molar-refractivity contribution in [3.8, 4) is 5.75 Å². The molecule has 1 rings (SSSR count). The van der Waals surface area contributed by atoms with Gasteiger partial charge in [0, 0.05) is 5.56 Å². The van der Waals surface area contributed by atoms with Gasteiger partial charge in [0.15, 0.2) is 0 Å². The lowest BCUT2D eigenvalue weighted by atomic mass is 10.0. The highest BCUT2D eigenvalue weighted by Gasteiger charge is 2.16. The van der Waals surface area contributed by atoms with Crippen molar-refractivity contribution in [3.05, 3.63) is 29.3 Å². The fourth-order valence-corrected chi connectivity index (χ4v) is 1.32. The maximum Gasteiger partial charge on any atom is 0.387 e. The van der Waals surface area contributed by atoms with Gasteiger partial charge in [0.05, 0.1) is 12.6 Å². The largest absolute Gasteiger partial charge is 0.434 e.